The molecule has 1 aromatic rings. The standard InChI is InChI=1S/C12H14F3NO/c13-12(14,15)17-11-5-3-9(4-6-11)10-2-1-7-16-8-10/h3-6,10,16H,1-2,7-8H2/t10-/m0/s1. The predicted octanol–water partition coefficient (Wildman–Crippen LogP) is 3.05. The van der Waals surface area contributed by atoms with E-state index in [9.17, 15) is 13.2 Å². The van der Waals surface area contributed by atoms with Gasteiger partial charge in [-0.3, -0.25) is 0 Å². The van der Waals surface area contributed by atoms with Gasteiger partial charge in [0.2, 0.25) is 0 Å². The van der Waals surface area contributed by atoms with Gasteiger partial charge >= 0.3 is 6.36 Å². The van der Waals surface area contributed by atoms with Gasteiger partial charge in [0, 0.05) is 6.54 Å². The second-order valence-corrected chi connectivity index (χ2v) is 4.16. The SMILES string of the molecule is FC(F)(F)Oc1ccc([C@H]2CCCNC2)cc1. The summed E-state index contributed by atoms with van der Waals surface area (Å²) in [6.07, 6.45) is -2.44. The van der Waals surface area contributed by atoms with Gasteiger partial charge in [-0.1, -0.05) is 12.1 Å². The quantitative estimate of drug-likeness (QED) is 0.864. The zero-order valence-corrected chi connectivity index (χ0v) is 9.26. The smallest absolute Gasteiger partial charge is 0.406 e. The summed E-state index contributed by atoms with van der Waals surface area (Å²) in [6.45, 7) is 1.91. The molecule has 1 atom stereocenters. The van der Waals surface area contributed by atoms with Crippen molar-refractivity contribution in [2.75, 3.05) is 13.1 Å². The third kappa shape index (κ3) is 3.63. The average Bonchev–Trinajstić information content (AvgIpc) is 2.29. The van der Waals surface area contributed by atoms with Crippen LogP contribution in [0.4, 0.5) is 13.2 Å². The molecule has 1 aliphatic heterocycles. The van der Waals surface area contributed by atoms with Crippen LogP contribution in [0.2, 0.25) is 0 Å². The molecular weight excluding hydrogens is 231 g/mol. The van der Waals surface area contributed by atoms with Crippen molar-refractivity contribution < 1.29 is 17.9 Å². The first-order valence-electron chi connectivity index (χ1n) is 5.61. The second kappa shape index (κ2) is 4.96. The highest BCUT2D eigenvalue weighted by Gasteiger charge is 2.31. The van der Waals surface area contributed by atoms with Crippen LogP contribution in [0.5, 0.6) is 5.75 Å². The van der Waals surface area contributed by atoms with Crippen LogP contribution >= 0.6 is 0 Å². The third-order valence-electron chi connectivity index (χ3n) is 2.88. The van der Waals surface area contributed by atoms with Gasteiger partial charge < -0.3 is 10.1 Å². The van der Waals surface area contributed by atoms with Crippen LogP contribution in [0.1, 0.15) is 24.3 Å². The summed E-state index contributed by atoms with van der Waals surface area (Å²) < 4.78 is 39.7. The lowest BCUT2D eigenvalue weighted by atomic mass is 9.92. The topological polar surface area (TPSA) is 21.3 Å². The maximum absolute atomic E-state index is 12.0. The van der Waals surface area contributed by atoms with Gasteiger partial charge in [0.25, 0.3) is 0 Å². The molecule has 0 radical (unpaired) electrons. The van der Waals surface area contributed by atoms with Crippen molar-refractivity contribution in [1.82, 2.24) is 5.32 Å². The lowest BCUT2D eigenvalue weighted by Crippen LogP contribution is -2.28. The number of rotatable bonds is 2. The zero-order chi connectivity index (χ0) is 12.3. The Morgan fingerprint density at radius 3 is 2.41 bits per heavy atom. The van der Waals surface area contributed by atoms with Gasteiger partial charge in [-0.05, 0) is 43.0 Å². The minimum atomic E-state index is -4.62. The first-order chi connectivity index (χ1) is 8.04. The van der Waals surface area contributed by atoms with Crippen molar-refractivity contribution in [3.05, 3.63) is 29.8 Å². The van der Waals surface area contributed by atoms with Crippen molar-refractivity contribution in [2.45, 2.75) is 25.1 Å². The van der Waals surface area contributed by atoms with E-state index in [2.05, 4.69) is 10.1 Å². The van der Waals surface area contributed by atoms with Crippen molar-refractivity contribution in [1.29, 1.82) is 0 Å². The largest absolute Gasteiger partial charge is 0.573 e. The number of benzene rings is 1. The normalized spacial score (nSPS) is 21.2. The summed E-state index contributed by atoms with van der Waals surface area (Å²) in [4.78, 5) is 0. The van der Waals surface area contributed by atoms with Gasteiger partial charge in [0.15, 0.2) is 0 Å². The molecule has 94 valence electrons. The Hall–Kier alpha value is -1.23. The van der Waals surface area contributed by atoms with Crippen LogP contribution in [-0.4, -0.2) is 19.5 Å². The van der Waals surface area contributed by atoms with E-state index in [1.165, 1.54) is 12.1 Å². The van der Waals surface area contributed by atoms with E-state index in [1.54, 1.807) is 12.1 Å². The number of hydrogen-bond acceptors (Lipinski definition) is 2. The molecular formula is C12H14F3NO. The van der Waals surface area contributed by atoms with Crippen LogP contribution in [-0.2, 0) is 0 Å². The predicted molar refractivity (Wildman–Crippen MR) is 58.0 cm³/mol. The Morgan fingerprint density at radius 2 is 1.88 bits per heavy atom. The summed E-state index contributed by atoms with van der Waals surface area (Å²) in [7, 11) is 0. The maximum Gasteiger partial charge on any atom is 0.573 e. The van der Waals surface area contributed by atoms with E-state index in [-0.39, 0.29) is 5.75 Å². The monoisotopic (exact) mass is 245 g/mol. The first kappa shape index (κ1) is 12.2. The number of alkyl halides is 3. The highest BCUT2D eigenvalue weighted by atomic mass is 19.4. The van der Waals surface area contributed by atoms with Gasteiger partial charge in [0.1, 0.15) is 5.75 Å². The lowest BCUT2D eigenvalue weighted by molar-refractivity contribution is -0.274. The van der Waals surface area contributed by atoms with E-state index >= 15 is 0 Å². The van der Waals surface area contributed by atoms with Crippen molar-refractivity contribution >= 4 is 0 Å². The fraction of sp³-hybridized carbons (Fsp3) is 0.500. The van der Waals surface area contributed by atoms with E-state index in [4.69, 9.17) is 0 Å². The summed E-state index contributed by atoms with van der Waals surface area (Å²) in [6, 6.07) is 6.16. The van der Waals surface area contributed by atoms with Gasteiger partial charge in [-0.15, -0.1) is 13.2 Å². The molecule has 0 amide bonds. The van der Waals surface area contributed by atoms with Gasteiger partial charge in [-0.25, -0.2) is 0 Å². The molecule has 0 unspecified atom stereocenters. The van der Waals surface area contributed by atoms with Gasteiger partial charge in [-0.2, -0.15) is 0 Å². The fourth-order valence-corrected chi connectivity index (χ4v) is 2.08. The molecule has 1 saturated heterocycles. The van der Waals surface area contributed by atoms with Crippen LogP contribution in [0.15, 0.2) is 24.3 Å². The minimum Gasteiger partial charge on any atom is -0.406 e. The van der Waals surface area contributed by atoms with Crippen molar-refractivity contribution in [3.63, 3.8) is 0 Å². The van der Waals surface area contributed by atoms with Crippen molar-refractivity contribution in [2.24, 2.45) is 0 Å². The van der Waals surface area contributed by atoms with E-state index in [0.29, 0.717) is 5.92 Å². The number of halogens is 3. The van der Waals surface area contributed by atoms with E-state index in [1.807, 2.05) is 0 Å². The Kier molecular flexibility index (Phi) is 3.57. The molecule has 1 fully saturated rings. The summed E-state index contributed by atoms with van der Waals surface area (Å²) in [5.41, 5.74) is 1.06. The summed E-state index contributed by atoms with van der Waals surface area (Å²) in [5.74, 6) is 0.230. The molecule has 0 saturated carbocycles. The fourth-order valence-electron chi connectivity index (χ4n) is 2.08. The molecule has 2 nitrogen and oxygen atoms in total. The molecule has 1 aromatic carbocycles. The average molecular weight is 245 g/mol. The number of piperidine rings is 1. The molecule has 0 spiro atoms. The number of ether oxygens (including phenoxy) is 1. The van der Waals surface area contributed by atoms with Crippen LogP contribution < -0.4 is 10.1 Å². The highest BCUT2D eigenvalue weighted by Crippen LogP contribution is 2.27. The maximum atomic E-state index is 12.0. The minimum absolute atomic E-state index is 0.162. The van der Waals surface area contributed by atoms with Gasteiger partial charge in [0.05, 0.1) is 0 Å². The second-order valence-electron chi connectivity index (χ2n) is 4.16. The number of hydrogen-bond donors (Lipinski definition) is 1. The molecule has 2 rings (SSSR count). The Bertz CT molecular complexity index is 355. The number of nitrogens with one attached hydrogen (secondary N) is 1. The Morgan fingerprint density at radius 1 is 1.18 bits per heavy atom. The summed E-state index contributed by atoms with van der Waals surface area (Å²) in [5, 5.41) is 3.27. The molecule has 0 aromatic heterocycles. The molecule has 17 heavy (non-hydrogen) atoms. The third-order valence-corrected chi connectivity index (χ3v) is 2.88. The molecule has 0 bridgehead atoms. The zero-order valence-electron chi connectivity index (χ0n) is 9.26. The Balaban J connectivity index is 2.02. The van der Waals surface area contributed by atoms with Crippen LogP contribution in [0.3, 0.4) is 0 Å². The van der Waals surface area contributed by atoms with Crippen molar-refractivity contribution in [3.8, 4) is 5.75 Å². The summed E-state index contributed by atoms with van der Waals surface area (Å²) >= 11 is 0. The Labute approximate surface area is 97.8 Å². The molecule has 1 heterocycles. The highest BCUT2D eigenvalue weighted by molar-refractivity contribution is 5.30. The molecule has 1 N–H and O–H groups in total. The molecule has 1 aliphatic rings. The van der Waals surface area contributed by atoms with E-state index in [0.717, 1.165) is 31.5 Å². The molecule has 0 aliphatic carbocycles. The molecule has 5 heteroatoms. The van der Waals surface area contributed by atoms with Crippen LogP contribution in [0, 0.1) is 0 Å². The first-order valence-corrected chi connectivity index (χ1v) is 5.61. The van der Waals surface area contributed by atoms with Crippen LogP contribution in [0.25, 0.3) is 0 Å². The lowest BCUT2D eigenvalue weighted by Gasteiger charge is -2.23. The van der Waals surface area contributed by atoms with E-state index < -0.39 is 6.36 Å².